The number of carbonyl (C=O) groups excluding carboxylic acids is 1. The van der Waals surface area contributed by atoms with E-state index in [4.69, 9.17) is 23.2 Å². The quantitative estimate of drug-likeness (QED) is 0.582. The van der Waals surface area contributed by atoms with Gasteiger partial charge in [-0.2, -0.15) is 5.10 Å². The maximum atomic E-state index is 12.0. The first-order valence-electron chi connectivity index (χ1n) is 6.36. The Bertz CT molecular complexity index is 862. The summed E-state index contributed by atoms with van der Waals surface area (Å²) in [7, 11) is 0. The number of benzene rings is 1. The van der Waals surface area contributed by atoms with Crippen molar-refractivity contribution in [3.63, 3.8) is 0 Å². The second-order valence-electron chi connectivity index (χ2n) is 4.55. The van der Waals surface area contributed by atoms with Crippen molar-refractivity contribution in [1.29, 1.82) is 0 Å². The zero-order valence-corrected chi connectivity index (χ0v) is 15.1. The summed E-state index contributed by atoms with van der Waals surface area (Å²) in [5.41, 5.74) is 1.21. The van der Waals surface area contributed by atoms with E-state index in [1.165, 1.54) is 6.33 Å². The molecule has 0 aliphatic rings. The molecule has 0 radical (unpaired) electrons. The summed E-state index contributed by atoms with van der Waals surface area (Å²) in [5, 5.41) is 14.3. The van der Waals surface area contributed by atoms with Crippen LogP contribution in [0.5, 0.6) is 0 Å². The zero-order chi connectivity index (χ0) is 16.4. The van der Waals surface area contributed by atoms with Crippen LogP contribution >= 0.6 is 45.8 Å². The molecule has 1 amide bonds. The molecule has 0 saturated heterocycles. The monoisotopic (exact) mass is 462 g/mol. The second-order valence-corrected chi connectivity index (χ2v) is 6.55. The van der Waals surface area contributed by atoms with Crippen molar-refractivity contribution < 1.29 is 4.79 Å². The molecule has 10 heteroatoms. The zero-order valence-electron chi connectivity index (χ0n) is 11.4. The van der Waals surface area contributed by atoms with E-state index in [0.29, 0.717) is 25.9 Å². The van der Waals surface area contributed by atoms with E-state index in [2.05, 4.69) is 25.6 Å². The number of nitrogens with one attached hydrogen (secondary N) is 2. The predicted molar refractivity (Wildman–Crippen MR) is 94.8 cm³/mol. The Hall–Kier alpha value is -1.65. The number of rotatable bonds is 4. The summed E-state index contributed by atoms with van der Waals surface area (Å²) < 4.78 is 2.29. The normalized spacial score (nSPS) is 10.7. The van der Waals surface area contributed by atoms with Crippen molar-refractivity contribution in [2.45, 2.75) is 6.54 Å². The number of aromatic amines is 1. The van der Waals surface area contributed by atoms with Gasteiger partial charge in [-0.25, -0.2) is 9.67 Å². The number of H-pyrrole nitrogens is 1. The van der Waals surface area contributed by atoms with Crippen LogP contribution < -0.4 is 5.32 Å². The SMILES string of the molecule is O=C(Nc1ncn(Cc2ccc(Cl)cc2Cl)n1)c1[nH]ncc1I. The number of halogens is 3. The maximum absolute atomic E-state index is 12.0. The van der Waals surface area contributed by atoms with Crippen molar-refractivity contribution in [2.24, 2.45) is 0 Å². The van der Waals surface area contributed by atoms with E-state index in [1.54, 1.807) is 23.0 Å². The summed E-state index contributed by atoms with van der Waals surface area (Å²) in [6, 6.07) is 5.23. The maximum Gasteiger partial charge on any atom is 0.277 e. The van der Waals surface area contributed by atoms with Crippen LogP contribution in [0.3, 0.4) is 0 Å². The lowest BCUT2D eigenvalue weighted by Crippen LogP contribution is -2.15. The Kier molecular flexibility index (Phi) is 4.83. The van der Waals surface area contributed by atoms with E-state index in [-0.39, 0.29) is 11.9 Å². The van der Waals surface area contributed by atoms with Crippen molar-refractivity contribution in [1.82, 2.24) is 25.0 Å². The van der Waals surface area contributed by atoms with Gasteiger partial charge in [0.2, 0.25) is 5.95 Å². The first kappa shape index (κ1) is 16.2. The molecule has 2 N–H and O–H groups in total. The number of carbonyl (C=O) groups is 1. The van der Waals surface area contributed by atoms with Crippen LogP contribution in [-0.2, 0) is 6.54 Å². The number of hydrogen-bond donors (Lipinski definition) is 2. The van der Waals surface area contributed by atoms with Gasteiger partial charge in [-0.1, -0.05) is 29.3 Å². The van der Waals surface area contributed by atoms with E-state index in [9.17, 15) is 4.79 Å². The second kappa shape index (κ2) is 6.85. The summed E-state index contributed by atoms with van der Waals surface area (Å²) in [6.07, 6.45) is 3.07. The highest BCUT2D eigenvalue weighted by Crippen LogP contribution is 2.21. The molecule has 23 heavy (non-hydrogen) atoms. The molecule has 0 fully saturated rings. The topological polar surface area (TPSA) is 88.5 Å². The van der Waals surface area contributed by atoms with Crippen LogP contribution in [0, 0.1) is 3.57 Å². The number of aromatic nitrogens is 5. The van der Waals surface area contributed by atoms with Gasteiger partial charge in [0.05, 0.1) is 16.3 Å². The average molecular weight is 463 g/mol. The molecule has 2 heterocycles. The fourth-order valence-corrected chi connectivity index (χ4v) is 2.82. The predicted octanol–water partition coefficient (Wildman–Crippen LogP) is 3.21. The number of hydrogen-bond acceptors (Lipinski definition) is 4. The lowest BCUT2D eigenvalue weighted by molar-refractivity contribution is 0.102. The fraction of sp³-hybridized carbons (Fsp3) is 0.0769. The van der Waals surface area contributed by atoms with Gasteiger partial charge in [0.15, 0.2) is 0 Å². The highest BCUT2D eigenvalue weighted by Gasteiger charge is 2.14. The smallest absolute Gasteiger partial charge is 0.277 e. The first-order valence-corrected chi connectivity index (χ1v) is 8.20. The van der Waals surface area contributed by atoms with Gasteiger partial charge in [0.25, 0.3) is 5.91 Å². The third-order valence-corrected chi connectivity index (χ3v) is 4.33. The van der Waals surface area contributed by atoms with Crippen molar-refractivity contribution in [3.05, 3.63) is 55.6 Å². The highest BCUT2D eigenvalue weighted by atomic mass is 127. The van der Waals surface area contributed by atoms with Crippen LogP contribution in [0.15, 0.2) is 30.7 Å². The van der Waals surface area contributed by atoms with Gasteiger partial charge in [-0.05, 0) is 40.3 Å². The van der Waals surface area contributed by atoms with Crippen LogP contribution in [-0.4, -0.2) is 30.9 Å². The lowest BCUT2D eigenvalue weighted by Gasteiger charge is -2.04. The molecule has 118 valence electrons. The Labute approximate surface area is 154 Å². The van der Waals surface area contributed by atoms with Crippen molar-refractivity contribution >= 4 is 57.6 Å². The van der Waals surface area contributed by atoms with Gasteiger partial charge in [0.1, 0.15) is 12.0 Å². The third-order valence-electron chi connectivity index (χ3n) is 2.93. The summed E-state index contributed by atoms with van der Waals surface area (Å²) in [5.74, 6) is -0.153. The standard InChI is InChI=1S/C13H9Cl2IN6O/c14-8-2-1-7(9(15)3-8)5-22-6-17-13(21-22)19-12(23)11-10(16)4-18-20-11/h1-4,6H,5H2,(H,18,20)(H,19,21,23). The molecule has 0 atom stereocenters. The molecular weight excluding hydrogens is 454 g/mol. The van der Waals surface area contributed by atoms with Crippen LogP contribution in [0.1, 0.15) is 16.1 Å². The van der Waals surface area contributed by atoms with Gasteiger partial charge >= 0.3 is 0 Å². The van der Waals surface area contributed by atoms with E-state index < -0.39 is 0 Å². The Balaban J connectivity index is 1.71. The van der Waals surface area contributed by atoms with Crippen molar-refractivity contribution in [2.75, 3.05) is 5.32 Å². The molecule has 1 aromatic carbocycles. The molecule has 3 rings (SSSR count). The summed E-state index contributed by atoms with van der Waals surface area (Å²) in [6.45, 7) is 0.417. The van der Waals surface area contributed by atoms with E-state index in [0.717, 1.165) is 5.56 Å². The molecule has 0 saturated carbocycles. The van der Waals surface area contributed by atoms with Gasteiger partial charge in [-0.3, -0.25) is 15.2 Å². The third kappa shape index (κ3) is 3.82. The van der Waals surface area contributed by atoms with Gasteiger partial charge in [0, 0.05) is 10.0 Å². The minimum Gasteiger partial charge on any atom is -0.288 e. The first-order chi connectivity index (χ1) is 11.0. The number of anilines is 1. The molecule has 2 aromatic heterocycles. The molecule has 0 aliphatic carbocycles. The lowest BCUT2D eigenvalue weighted by atomic mass is 10.2. The minimum atomic E-state index is -0.353. The fourth-order valence-electron chi connectivity index (χ4n) is 1.85. The Morgan fingerprint density at radius 1 is 1.39 bits per heavy atom. The summed E-state index contributed by atoms with van der Waals surface area (Å²) in [4.78, 5) is 16.1. The molecule has 0 aliphatic heterocycles. The van der Waals surface area contributed by atoms with Gasteiger partial charge in [-0.15, -0.1) is 5.10 Å². The number of nitrogens with zero attached hydrogens (tertiary/aromatic N) is 4. The average Bonchev–Trinajstić information content (AvgIpc) is 3.11. The molecule has 7 nitrogen and oxygen atoms in total. The molecule has 0 unspecified atom stereocenters. The van der Waals surface area contributed by atoms with Crippen molar-refractivity contribution in [3.8, 4) is 0 Å². The molecule has 0 spiro atoms. The largest absolute Gasteiger partial charge is 0.288 e. The van der Waals surface area contributed by atoms with Crippen LogP contribution in [0.4, 0.5) is 5.95 Å². The molecule has 3 aromatic rings. The molecular formula is C13H9Cl2IN6O. The van der Waals surface area contributed by atoms with E-state index in [1.807, 2.05) is 28.7 Å². The van der Waals surface area contributed by atoms with Crippen LogP contribution in [0.2, 0.25) is 10.0 Å². The summed E-state index contributed by atoms with van der Waals surface area (Å²) >= 11 is 14.0. The van der Waals surface area contributed by atoms with Gasteiger partial charge < -0.3 is 0 Å². The Morgan fingerprint density at radius 3 is 2.91 bits per heavy atom. The Morgan fingerprint density at radius 2 is 2.22 bits per heavy atom. The molecule has 0 bridgehead atoms. The van der Waals surface area contributed by atoms with Crippen LogP contribution in [0.25, 0.3) is 0 Å². The minimum absolute atomic E-state index is 0.200. The number of amides is 1. The van der Waals surface area contributed by atoms with E-state index >= 15 is 0 Å². The highest BCUT2D eigenvalue weighted by molar-refractivity contribution is 14.1.